The van der Waals surface area contributed by atoms with Gasteiger partial charge >= 0.3 is 5.00 Å². The molecule has 0 unspecified atom stereocenters. The Labute approximate surface area is 123 Å². The molecule has 0 atom stereocenters. The lowest BCUT2D eigenvalue weighted by Crippen LogP contribution is -2.42. The Morgan fingerprint density at radius 3 is 2.65 bits per heavy atom. The summed E-state index contributed by atoms with van der Waals surface area (Å²) in [6.07, 6.45) is 5.20. The topological polar surface area (TPSA) is 58.4 Å². The lowest BCUT2D eigenvalue weighted by atomic mass is 10.0. The lowest BCUT2D eigenvalue weighted by Gasteiger charge is -2.32. The smallest absolute Gasteiger partial charge is 0.314 e. The first-order valence-corrected chi connectivity index (χ1v) is 8.21. The van der Waals surface area contributed by atoms with E-state index in [1.165, 1.54) is 43.6 Å². The fraction of sp³-hybridized carbons (Fsp3) is 0.714. The van der Waals surface area contributed by atoms with Gasteiger partial charge in [-0.15, -0.1) is 0 Å². The van der Waals surface area contributed by atoms with Crippen molar-refractivity contribution in [3.8, 4) is 0 Å². The van der Waals surface area contributed by atoms with Crippen LogP contribution in [0, 0.1) is 16.0 Å². The number of piperidine rings is 1. The summed E-state index contributed by atoms with van der Waals surface area (Å²) in [5.41, 5.74) is 0. The van der Waals surface area contributed by atoms with Gasteiger partial charge in [-0.05, 0) is 57.3 Å². The summed E-state index contributed by atoms with van der Waals surface area (Å²) in [6.45, 7) is 4.23. The fourth-order valence-electron chi connectivity index (χ4n) is 2.72. The Bertz CT molecular complexity index is 465. The number of thiophene rings is 1. The van der Waals surface area contributed by atoms with Crippen LogP contribution < -0.4 is 5.32 Å². The molecular weight excluding hydrogens is 274 g/mol. The minimum atomic E-state index is -0.303. The first-order chi connectivity index (χ1) is 9.70. The van der Waals surface area contributed by atoms with Crippen molar-refractivity contribution in [1.29, 1.82) is 0 Å². The third kappa shape index (κ3) is 3.77. The molecule has 1 aliphatic heterocycles. The van der Waals surface area contributed by atoms with E-state index in [2.05, 4.69) is 10.2 Å². The summed E-state index contributed by atoms with van der Waals surface area (Å²) in [4.78, 5) is 13.9. The molecule has 1 aliphatic carbocycles. The van der Waals surface area contributed by atoms with Gasteiger partial charge in [0.2, 0.25) is 0 Å². The molecule has 0 aromatic carbocycles. The number of hydrogen-bond acceptors (Lipinski definition) is 5. The Hall–Kier alpha value is -0.980. The zero-order valence-electron chi connectivity index (χ0n) is 11.6. The lowest BCUT2D eigenvalue weighted by molar-refractivity contribution is -0.380. The van der Waals surface area contributed by atoms with Crippen molar-refractivity contribution < 1.29 is 4.92 Å². The van der Waals surface area contributed by atoms with Crippen molar-refractivity contribution in [3.63, 3.8) is 0 Å². The predicted octanol–water partition coefficient (Wildman–Crippen LogP) is 2.62. The average Bonchev–Trinajstić information content (AvgIpc) is 3.15. The highest BCUT2D eigenvalue weighted by molar-refractivity contribution is 7.15. The van der Waals surface area contributed by atoms with E-state index < -0.39 is 0 Å². The molecule has 0 bridgehead atoms. The Balaban J connectivity index is 1.41. The zero-order chi connectivity index (χ0) is 13.9. The molecule has 110 valence electrons. The fourth-order valence-corrected chi connectivity index (χ4v) is 3.58. The molecule has 1 N–H and O–H groups in total. The second-order valence-electron chi connectivity index (χ2n) is 5.90. The van der Waals surface area contributed by atoms with Crippen LogP contribution in [0.15, 0.2) is 12.1 Å². The molecule has 0 amide bonds. The minimum Gasteiger partial charge on any atom is -0.314 e. The van der Waals surface area contributed by atoms with Crippen molar-refractivity contribution in [2.45, 2.75) is 38.3 Å². The van der Waals surface area contributed by atoms with Gasteiger partial charge in [0, 0.05) is 23.5 Å². The summed E-state index contributed by atoms with van der Waals surface area (Å²) < 4.78 is 0. The third-order valence-electron chi connectivity index (χ3n) is 4.19. The molecule has 1 saturated carbocycles. The van der Waals surface area contributed by atoms with Crippen LogP contribution in [0.25, 0.3) is 0 Å². The molecule has 3 rings (SSSR count). The summed E-state index contributed by atoms with van der Waals surface area (Å²) in [7, 11) is 0. The van der Waals surface area contributed by atoms with Crippen LogP contribution in [0.2, 0.25) is 0 Å². The minimum absolute atomic E-state index is 0.251. The molecule has 2 heterocycles. The van der Waals surface area contributed by atoms with Gasteiger partial charge in [0.05, 0.1) is 4.92 Å². The largest absolute Gasteiger partial charge is 0.324 e. The van der Waals surface area contributed by atoms with E-state index in [0.717, 1.165) is 30.4 Å². The summed E-state index contributed by atoms with van der Waals surface area (Å²) in [5.74, 6) is 0.944. The second kappa shape index (κ2) is 6.20. The van der Waals surface area contributed by atoms with Gasteiger partial charge in [-0.3, -0.25) is 15.0 Å². The molecule has 5 nitrogen and oxygen atoms in total. The maximum Gasteiger partial charge on any atom is 0.324 e. The molecule has 1 aromatic rings. The van der Waals surface area contributed by atoms with Gasteiger partial charge in [-0.1, -0.05) is 11.3 Å². The van der Waals surface area contributed by atoms with Gasteiger partial charge in [0.25, 0.3) is 0 Å². The molecule has 20 heavy (non-hydrogen) atoms. The van der Waals surface area contributed by atoms with E-state index >= 15 is 0 Å². The standard InChI is InChI=1S/C14H21N3O2S/c18-17(19)14-4-3-13(20-14)10-16-7-5-12(6-8-16)15-9-11-1-2-11/h3-4,11-12,15H,1-2,5-10H2. The van der Waals surface area contributed by atoms with Gasteiger partial charge < -0.3 is 5.32 Å². The van der Waals surface area contributed by atoms with E-state index in [9.17, 15) is 10.1 Å². The summed E-state index contributed by atoms with van der Waals surface area (Å²) in [5, 5.41) is 14.6. The Morgan fingerprint density at radius 2 is 2.05 bits per heavy atom. The normalized spacial score (nSPS) is 21.2. The molecular formula is C14H21N3O2S. The molecule has 0 spiro atoms. The molecule has 1 saturated heterocycles. The zero-order valence-corrected chi connectivity index (χ0v) is 12.4. The quantitative estimate of drug-likeness (QED) is 0.647. The summed E-state index contributed by atoms with van der Waals surface area (Å²) in [6, 6.07) is 4.17. The van der Waals surface area contributed by atoms with Crippen molar-refractivity contribution >= 4 is 16.3 Å². The van der Waals surface area contributed by atoms with Crippen molar-refractivity contribution in [2.24, 2.45) is 5.92 Å². The Kier molecular flexibility index (Phi) is 4.33. The van der Waals surface area contributed by atoms with Crippen molar-refractivity contribution in [1.82, 2.24) is 10.2 Å². The maximum atomic E-state index is 10.7. The number of rotatable bonds is 6. The maximum absolute atomic E-state index is 10.7. The highest BCUT2D eigenvalue weighted by Crippen LogP contribution is 2.28. The first-order valence-electron chi connectivity index (χ1n) is 7.39. The van der Waals surface area contributed by atoms with E-state index in [-0.39, 0.29) is 9.92 Å². The summed E-state index contributed by atoms with van der Waals surface area (Å²) >= 11 is 1.30. The average molecular weight is 295 g/mol. The van der Waals surface area contributed by atoms with Crippen LogP contribution in [0.4, 0.5) is 5.00 Å². The highest BCUT2D eigenvalue weighted by Gasteiger charge is 2.24. The number of nitro groups is 1. The van der Waals surface area contributed by atoms with Crippen molar-refractivity contribution in [2.75, 3.05) is 19.6 Å². The Morgan fingerprint density at radius 1 is 1.30 bits per heavy atom. The monoisotopic (exact) mass is 295 g/mol. The van der Waals surface area contributed by atoms with Crippen LogP contribution in [0.3, 0.4) is 0 Å². The van der Waals surface area contributed by atoms with Crippen molar-refractivity contribution in [3.05, 3.63) is 27.1 Å². The van der Waals surface area contributed by atoms with Crippen LogP contribution >= 0.6 is 11.3 Å². The first kappa shape index (κ1) is 14.0. The van der Waals surface area contributed by atoms with Gasteiger partial charge in [-0.25, -0.2) is 0 Å². The van der Waals surface area contributed by atoms with Gasteiger partial charge in [-0.2, -0.15) is 0 Å². The van der Waals surface area contributed by atoms with Crippen LogP contribution in [0.5, 0.6) is 0 Å². The molecule has 0 radical (unpaired) electrons. The van der Waals surface area contributed by atoms with Crippen LogP contribution in [0.1, 0.15) is 30.6 Å². The number of nitrogens with zero attached hydrogens (tertiary/aromatic N) is 2. The number of likely N-dealkylation sites (tertiary alicyclic amines) is 1. The van der Waals surface area contributed by atoms with Gasteiger partial charge in [0.15, 0.2) is 0 Å². The number of hydrogen-bond donors (Lipinski definition) is 1. The number of nitrogens with one attached hydrogen (secondary N) is 1. The molecule has 2 fully saturated rings. The van der Waals surface area contributed by atoms with E-state index in [1.54, 1.807) is 6.07 Å². The van der Waals surface area contributed by atoms with Crippen LogP contribution in [-0.4, -0.2) is 35.5 Å². The second-order valence-corrected chi connectivity index (χ2v) is 7.05. The highest BCUT2D eigenvalue weighted by atomic mass is 32.1. The molecule has 2 aliphatic rings. The predicted molar refractivity (Wildman–Crippen MR) is 80.0 cm³/mol. The van der Waals surface area contributed by atoms with E-state index in [4.69, 9.17) is 0 Å². The molecule has 6 heteroatoms. The van der Waals surface area contributed by atoms with E-state index in [1.807, 2.05) is 6.07 Å². The SMILES string of the molecule is O=[N+]([O-])c1ccc(CN2CCC(NCC3CC3)CC2)s1. The van der Waals surface area contributed by atoms with Crippen LogP contribution in [-0.2, 0) is 6.54 Å². The third-order valence-corrected chi connectivity index (χ3v) is 5.21. The van der Waals surface area contributed by atoms with E-state index in [0.29, 0.717) is 6.04 Å². The molecule has 1 aromatic heterocycles. The van der Waals surface area contributed by atoms with Gasteiger partial charge in [0.1, 0.15) is 0 Å².